The van der Waals surface area contributed by atoms with Crippen LogP contribution < -0.4 is 5.69 Å². The molecule has 0 atom stereocenters. The number of hydrogen-bond donors (Lipinski definition) is 1. The second-order valence-corrected chi connectivity index (χ2v) is 4.01. The Labute approximate surface area is 112 Å². The molecule has 0 amide bonds. The van der Waals surface area contributed by atoms with Crippen molar-refractivity contribution in [1.82, 2.24) is 9.97 Å². The Balaban J connectivity index is 2.74. The normalized spacial score (nSPS) is 10.4. The highest BCUT2D eigenvalue weighted by Crippen LogP contribution is 2.24. The van der Waals surface area contributed by atoms with Crippen molar-refractivity contribution in [3.05, 3.63) is 51.6 Å². The molecule has 0 radical (unpaired) electrons. The lowest BCUT2D eigenvalue weighted by atomic mass is 10.0. The Morgan fingerprint density at radius 2 is 2.00 bits per heavy atom. The van der Waals surface area contributed by atoms with E-state index in [0.717, 1.165) is 12.1 Å². The van der Waals surface area contributed by atoms with E-state index in [4.69, 9.17) is 0 Å². The van der Waals surface area contributed by atoms with E-state index in [-0.39, 0.29) is 22.5 Å². The smallest absolute Gasteiger partial charge is 0.345 e. The number of aromatic amines is 1. The maximum Gasteiger partial charge on any atom is 0.345 e. The largest absolute Gasteiger partial charge is 0.465 e. The van der Waals surface area contributed by atoms with Gasteiger partial charge in [-0.3, -0.25) is 0 Å². The van der Waals surface area contributed by atoms with Gasteiger partial charge in [-0.05, 0) is 25.1 Å². The number of carbonyl (C=O) groups is 1. The molecule has 0 saturated carbocycles. The van der Waals surface area contributed by atoms with Crippen LogP contribution in [0.2, 0.25) is 0 Å². The van der Waals surface area contributed by atoms with Gasteiger partial charge in [0.25, 0.3) is 0 Å². The summed E-state index contributed by atoms with van der Waals surface area (Å²) in [6.07, 6.45) is 0. The Morgan fingerprint density at radius 1 is 1.30 bits per heavy atom. The predicted molar refractivity (Wildman–Crippen MR) is 66.3 cm³/mol. The van der Waals surface area contributed by atoms with E-state index in [1.807, 2.05) is 0 Å². The molecule has 0 spiro atoms. The van der Waals surface area contributed by atoms with Crippen LogP contribution in [0.1, 0.15) is 16.1 Å². The number of halogens is 2. The summed E-state index contributed by atoms with van der Waals surface area (Å²) in [4.78, 5) is 29.2. The molecule has 104 valence electrons. The van der Waals surface area contributed by atoms with Gasteiger partial charge >= 0.3 is 11.7 Å². The standard InChI is InChI=1S/C13H10F2N2O3/c1-6-10(12(18)20-2)11(17-13(19)16-6)7-3-4-8(14)9(15)5-7/h3-5H,1-2H3,(H,16,17,19). The van der Waals surface area contributed by atoms with E-state index >= 15 is 0 Å². The molecule has 2 aromatic rings. The van der Waals surface area contributed by atoms with Crippen LogP contribution in [0.4, 0.5) is 8.78 Å². The Bertz CT molecular complexity index is 741. The summed E-state index contributed by atoms with van der Waals surface area (Å²) in [6, 6.07) is 2.99. The highest BCUT2D eigenvalue weighted by Gasteiger charge is 2.20. The van der Waals surface area contributed by atoms with Gasteiger partial charge in [0.15, 0.2) is 11.6 Å². The minimum absolute atomic E-state index is 0.00175. The van der Waals surface area contributed by atoms with Crippen molar-refractivity contribution >= 4 is 5.97 Å². The number of H-pyrrole nitrogens is 1. The van der Waals surface area contributed by atoms with E-state index in [1.165, 1.54) is 20.1 Å². The maximum atomic E-state index is 13.3. The third-order valence-electron chi connectivity index (χ3n) is 2.70. The van der Waals surface area contributed by atoms with Crippen LogP contribution in [-0.2, 0) is 4.74 Å². The zero-order valence-corrected chi connectivity index (χ0v) is 10.7. The van der Waals surface area contributed by atoms with Crippen molar-refractivity contribution in [2.24, 2.45) is 0 Å². The van der Waals surface area contributed by atoms with Gasteiger partial charge in [0.1, 0.15) is 5.56 Å². The first-order valence-corrected chi connectivity index (χ1v) is 5.58. The zero-order chi connectivity index (χ0) is 14.9. The number of methoxy groups -OCH3 is 1. The van der Waals surface area contributed by atoms with Gasteiger partial charge in [0.05, 0.1) is 12.8 Å². The highest BCUT2D eigenvalue weighted by molar-refractivity contribution is 5.97. The molecule has 0 aliphatic rings. The average molecular weight is 280 g/mol. The van der Waals surface area contributed by atoms with Crippen LogP contribution in [0.3, 0.4) is 0 Å². The van der Waals surface area contributed by atoms with E-state index in [2.05, 4.69) is 14.7 Å². The highest BCUT2D eigenvalue weighted by atomic mass is 19.2. The number of benzene rings is 1. The van der Waals surface area contributed by atoms with Crippen LogP contribution in [0, 0.1) is 18.6 Å². The zero-order valence-electron chi connectivity index (χ0n) is 10.7. The number of rotatable bonds is 2. The van der Waals surface area contributed by atoms with Gasteiger partial charge in [0.2, 0.25) is 0 Å². The molecular weight excluding hydrogens is 270 g/mol. The quantitative estimate of drug-likeness (QED) is 0.851. The number of carbonyl (C=O) groups excluding carboxylic acids is 1. The number of esters is 1. The molecule has 20 heavy (non-hydrogen) atoms. The van der Waals surface area contributed by atoms with Crippen molar-refractivity contribution in [2.75, 3.05) is 7.11 Å². The summed E-state index contributed by atoms with van der Waals surface area (Å²) < 4.78 is 30.8. The molecule has 7 heteroatoms. The first kappa shape index (κ1) is 13.9. The van der Waals surface area contributed by atoms with Gasteiger partial charge in [0, 0.05) is 11.3 Å². The van der Waals surface area contributed by atoms with Gasteiger partial charge in [-0.15, -0.1) is 0 Å². The fraction of sp³-hybridized carbons (Fsp3) is 0.154. The van der Waals surface area contributed by atoms with Crippen LogP contribution in [0.25, 0.3) is 11.3 Å². The minimum atomic E-state index is -1.10. The number of hydrogen-bond acceptors (Lipinski definition) is 4. The fourth-order valence-corrected chi connectivity index (χ4v) is 1.79. The fourth-order valence-electron chi connectivity index (χ4n) is 1.79. The summed E-state index contributed by atoms with van der Waals surface area (Å²) in [6.45, 7) is 1.48. The summed E-state index contributed by atoms with van der Waals surface area (Å²) in [5, 5.41) is 0. The van der Waals surface area contributed by atoms with Crippen LogP contribution in [0.5, 0.6) is 0 Å². The first-order valence-electron chi connectivity index (χ1n) is 5.58. The third-order valence-corrected chi connectivity index (χ3v) is 2.70. The molecule has 0 aliphatic heterocycles. The summed E-state index contributed by atoms with van der Waals surface area (Å²) in [5.41, 5.74) is -0.417. The third kappa shape index (κ3) is 2.42. The van der Waals surface area contributed by atoms with Crippen molar-refractivity contribution in [3.8, 4) is 11.3 Å². The molecule has 2 rings (SSSR count). The van der Waals surface area contributed by atoms with Gasteiger partial charge in [-0.2, -0.15) is 4.98 Å². The van der Waals surface area contributed by atoms with Crippen LogP contribution in [0.15, 0.2) is 23.0 Å². The molecule has 1 N–H and O–H groups in total. The van der Waals surface area contributed by atoms with E-state index in [1.54, 1.807) is 0 Å². The van der Waals surface area contributed by atoms with E-state index in [9.17, 15) is 18.4 Å². The van der Waals surface area contributed by atoms with Gasteiger partial charge in [-0.25, -0.2) is 18.4 Å². The lowest BCUT2D eigenvalue weighted by Gasteiger charge is -2.09. The number of ether oxygens (including phenoxy) is 1. The van der Waals surface area contributed by atoms with Crippen molar-refractivity contribution in [2.45, 2.75) is 6.92 Å². The number of nitrogens with one attached hydrogen (secondary N) is 1. The molecule has 1 aromatic heterocycles. The van der Waals surface area contributed by atoms with Crippen molar-refractivity contribution in [1.29, 1.82) is 0 Å². The average Bonchev–Trinajstić information content (AvgIpc) is 2.40. The first-order chi connectivity index (χ1) is 9.43. The second-order valence-electron chi connectivity index (χ2n) is 4.01. The topological polar surface area (TPSA) is 72.0 Å². The van der Waals surface area contributed by atoms with Crippen LogP contribution >= 0.6 is 0 Å². The Morgan fingerprint density at radius 3 is 2.60 bits per heavy atom. The molecule has 5 nitrogen and oxygen atoms in total. The molecule has 0 fully saturated rings. The van der Waals surface area contributed by atoms with Crippen LogP contribution in [-0.4, -0.2) is 23.0 Å². The molecule has 0 unspecified atom stereocenters. The molecule has 1 heterocycles. The molecule has 0 aliphatic carbocycles. The number of aromatic nitrogens is 2. The molecule has 0 saturated heterocycles. The SMILES string of the molecule is COC(=O)c1c(-c2ccc(F)c(F)c2)nc(=O)[nH]c1C. The van der Waals surface area contributed by atoms with E-state index < -0.39 is 23.3 Å². The second kappa shape index (κ2) is 5.20. The summed E-state index contributed by atoms with van der Waals surface area (Å²) >= 11 is 0. The molecular formula is C13H10F2N2O3. The summed E-state index contributed by atoms with van der Waals surface area (Å²) in [7, 11) is 1.17. The Kier molecular flexibility index (Phi) is 3.60. The van der Waals surface area contributed by atoms with Gasteiger partial charge in [-0.1, -0.05) is 0 Å². The number of aryl methyl sites for hydroxylation is 1. The lowest BCUT2D eigenvalue weighted by Crippen LogP contribution is -2.19. The molecule has 1 aromatic carbocycles. The lowest BCUT2D eigenvalue weighted by molar-refractivity contribution is 0.0599. The molecule has 0 bridgehead atoms. The summed E-state index contributed by atoms with van der Waals surface area (Å²) in [5.74, 6) is -2.86. The minimum Gasteiger partial charge on any atom is -0.465 e. The van der Waals surface area contributed by atoms with Crippen molar-refractivity contribution < 1.29 is 18.3 Å². The maximum absolute atomic E-state index is 13.3. The monoisotopic (exact) mass is 280 g/mol. The Hall–Kier alpha value is -2.57. The van der Waals surface area contributed by atoms with E-state index in [0.29, 0.717) is 0 Å². The van der Waals surface area contributed by atoms with Crippen molar-refractivity contribution in [3.63, 3.8) is 0 Å². The van der Waals surface area contributed by atoms with Gasteiger partial charge < -0.3 is 9.72 Å². The number of nitrogens with zero attached hydrogens (tertiary/aromatic N) is 1. The predicted octanol–water partition coefficient (Wildman–Crippen LogP) is 1.81.